The van der Waals surface area contributed by atoms with Crippen molar-refractivity contribution in [1.82, 2.24) is 4.90 Å². The van der Waals surface area contributed by atoms with Gasteiger partial charge in [-0.05, 0) is 70.9 Å². The number of hydrogen-bond acceptors (Lipinski definition) is 4. The molecule has 4 rings (SSSR count). The number of piperidine rings is 1. The van der Waals surface area contributed by atoms with Gasteiger partial charge in [-0.2, -0.15) is 5.26 Å². The lowest BCUT2D eigenvalue weighted by atomic mass is 9.84. The highest BCUT2D eigenvalue weighted by atomic mass is 16.6. The maximum Gasteiger partial charge on any atom is 0.410 e. The summed E-state index contributed by atoms with van der Waals surface area (Å²) in [5.41, 5.74) is 0.780. The van der Waals surface area contributed by atoms with Crippen LogP contribution in [0.4, 0.5) is 4.79 Å². The normalized spacial score (nSPS) is 27.8. The quantitative estimate of drug-likeness (QED) is 0.719. The number of nitriles is 1. The summed E-state index contributed by atoms with van der Waals surface area (Å²) in [6, 6.07) is 10.2. The molecule has 1 aromatic rings. The van der Waals surface area contributed by atoms with Crippen molar-refractivity contribution in [3.8, 4) is 6.07 Å². The summed E-state index contributed by atoms with van der Waals surface area (Å²) in [5.74, 6) is 0.0833. The molecule has 2 saturated heterocycles. The van der Waals surface area contributed by atoms with Gasteiger partial charge in [0.2, 0.25) is 0 Å². The molecule has 0 aromatic heterocycles. The Morgan fingerprint density at radius 3 is 2.36 bits per heavy atom. The van der Waals surface area contributed by atoms with Gasteiger partial charge in [0.1, 0.15) is 5.60 Å². The average molecular weight is 380 g/mol. The zero-order chi connectivity index (χ0) is 20.1. The molecule has 2 atom stereocenters. The van der Waals surface area contributed by atoms with E-state index < -0.39 is 5.60 Å². The van der Waals surface area contributed by atoms with E-state index in [4.69, 9.17) is 4.74 Å². The minimum Gasteiger partial charge on any atom is -0.444 e. The number of benzene rings is 1. The first kappa shape index (κ1) is 19.0. The van der Waals surface area contributed by atoms with Crippen LogP contribution in [0, 0.1) is 17.2 Å². The molecule has 5 nitrogen and oxygen atoms in total. The van der Waals surface area contributed by atoms with Crippen LogP contribution in [0.1, 0.15) is 75.2 Å². The fourth-order valence-corrected chi connectivity index (χ4v) is 4.80. The van der Waals surface area contributed by atoms with Crippen LogP contribution in [-0.2, 0) is 10.2 Å². The standard InChI is InChI=1S/C23H28N2O3/c1-22(2,3)28-21(27)25-18-7-8-19(25)13-16(12-18)20(26)15-5-4-6-17(11-15)23(14-24)9-10-23/h4-6,11,16,18-19H,7-10,12-13H2,1-3H3. The Labute approximate surface area is 166 Å². The summed E-state index contributed by atoms with van der Waals surface area (Å²) < 4.78 is 5.58. The third-order valence-electron chi connectivity index (χ3n) is 6.37. The molecule has 0 spiro atoms. The van der Waals surface area contributed by atoms with Gasteiger partial charge >= 0.3 is 6.09 Å². The largest absolute Gasteiger partial charge is 0.444 e. The Bertz CT molecular complexity index is 830. The second-order valence-corrected chi connectivity index (χ2v) is 9.58. The molecule has 2 unspecified atom stereocenters. The van der Waals surface area contributed by atoms with Gasteiger partial charge < -0.3 is 9.64 Å². The average Bonchev–Trinajstić information content (AvgIpc) is 3.40. The maximum atomic E-state index is 13.2. The van der Waals surface area contributed by atoms with Crippen molar-refractivity contribution >= 4 is 11.9 Å². The zero-order valence-electron chi connectivity index (χ0n) is 16.9. The minimum absolute atomic E-state index is 0.0660. The first-order chi connectivity index (χ1) is 13.2. The van der Waals surface area contributed by atoms with Crippen LogP contribution in [-0.4, -0.2) is 34.5 Å². The Hall–Kier alpha value is -2.35. The molecule has 1 saturated carbocycles. The number of hydrogen-bond donors (Lipinski definition) is 0. The van der Waals surface area contributed by atoms with Crippen molar-refractivity contribution in [3.05, 3.63) is 35.4 Å². The molecule has 3 fully saturated rings. The number of nitrogens with zero attached hydrogens (tertiary/aromatic N) is 2. The highest BCUT2D eigenvalue weighted by Gasteiger charge is 2.47. The van der Waals surface area contributed by atoms with E-state index in [-0.39, 0.29) is 35.3 Å². The number of carbonyl (C=O) groups is 2. The van der Waals surface area contributed by atoms with Gasteiger partial charge in [0, 0.05) is 23.6 Å². The summed E-state index contributed by atoms with van der Waals surface area (Å²) >= 11 is 0. The Morgan fingerprint density at radius 1 is 1.18 bits per heavy atom. The van der Waals surface area contributed by atoms with Gasteiger partial charge in [-0.25, -0.2) is 4.79 Å². The summed E-state index contributed by atoms with van der Waals surface area (Å²) in [4.78, 5) is 27.7. The molecule has 2 heterocycles. The Morgan fingerprint density at radius 2 is 1.82 bits per heavy atom. The Kier molecular flexibility index (Phi) is 4.49. The van der Waals surface area contributed by atoms with E-state index >= 15 is 0 Å². The van der Waals surface area contributed by atoms with Crippen molar-refractivity contribution in [2.45, 2.75) is 82.4 Å². The summed E-state index contributed by atoms with van der Waals surface area (Å²) in [7, 11) is 0. The van der Waals surface area contributed by atoms with Gasteiger partial charge in [-0.3, -0.25) is 4.79 Å². The van der Waals surface area contributed by atoms with Crippen LogP contribution in [0.15, 0.2) is 24.3 Å². The molecule has 1 amide bonds. The summed E-state index contributed by atoms with van der Waals surface area (Å²) in [6.45, 7) is 5.64. The van der Waals surface area contributed by atoms with Crippen LogP contribution in [0.5, 0.6) is 0 Å². The minimum atomic E-state index is -0.511. The lowest BCUT2D eigenvalue weighted by Crippen LogP contribution is -2.49. The van der Waals surface area contributed by atoms with Gasteiger partial charge in [0.05, 0.1) is 11.5 Å². The van der Waals surface area contributed by atoms with E-state index in [1.807, 2.05) is 49.9 Å². The molecule has 1 aromatic carbocycles. The zero-order valence-corrected chi connectivity index (χ0v) is 16.9. The number of carbonyl (C=O) groups excluding carboxylic acids is 2. The van der Waals surface area contributed by atoms with E-state index in [2.05, 4.69) is 6.07 Å². The van der Waals surface area contributed by atoms with E-state index in [1.54, 1.807) is 0 Å². The molecule has 1 aliphatic carbocycles. The summed E-state index contributed by atoms with van der Waals surface area (Å²) in [5, 5.41) is 9.44. The second kappa shape index (κ2) is 6.62. The van der Waals surface area contributed by atoms with Gasteiger partial charge in [0.15, 0.2) is 5.78 Å². The first-order valence-corrected chi connectivity index (χ1v) is 10.3. The highest BCUT2D eigenvalue weighted by Crippen LogP contribution is 2.48. The number of ether oxygens (including phenoxy) is 1. The van der Waals surface area contributed by atoms with Crippen molar-refractivity contribution in [2.24, 2.45) is 5.92 Å². The van der Waals surface area contributed by atoms with Crippen LogP contribution in [0.25, 0.3) is 0 Å². The number of ketones is 1. The topological polar surface area (TPSA) is 70.4 Å². The van der Waals surface area contributed by atoms with E-state index in [0.717, 1.165) is 31.2 Å². The fourth-order valence-electron chi connectivity index (χ4n) is 4.80. The fraction of sp³-hybridized carbons (Fsp3) is 0.609. The Balaban J connectivity index is 1.48. The van der Waals surface area contributed by atoms with Crippen molar-refractivity contribution in [2.75, 3.05) is 0 Å². The van der Waals surface area contributed by atoms with Crippen molar-refractivity contribution < 1.29 is 14.3 Å². The lowest BCUT2D eigenvalue weighted by Gasteiger charge is -2.39. The van der Waals surface area contributed by atoms with Crippen molar-refractivity contribution in [1.29, 1.82) is 5.26 Å². The second-order valence-electron chi connectivity index (χ2n) is 9.58. The van der Waals surface area contributed by atoms with Crippen molar-refractivity contribution in [3.63, 3.8) is 0 Å². The third-order valence-corrected chi connectivity index (χ3v) is 6.37. The number of rotatable bonds is 3. The molecule has 2 aliphatic heterocycles. The molecule has 3 aliphatic rings. The van der Waals surface area contributed by atoms with Gasteiger partial charge in [-0.15, -0.1) is 0 Å². The predicted octanol–water partition coefficient (Wildman–Crippen LogP) is 4.60. The molecule has 0 N–H and O–H groups in total. The van der Waals surface area contributed by atoms with Gasteiger partial charge in [-0.1, -0.05) is 18.2 Å². The summed E-state index contributed by atoms with van der Waals surface area (Å²) in [6.07, 6.45) is 4.76. The van der Waals surface area contributed by atoms with E-state index in [0.29, 0.717) is 18.4 Å². The third kappa shape index (κ3) is 3.41. The molecular formula is C23H28N2O3. The van der Waals surface area contributed by atoms with E-state index in [1.165, 1.54) is 0 Å². The number of amides is 1. The number of fused-ring (bicyclic) bond motifs is 2. The van der Waals surface area contributed by atoms with Crippen LogP contribution >= 0.6 is 0 Å². The van der Waals surface area contributed by atoms with Gasteiger partial charge in [0.25, 0.3) is 0 Å². The first-order valence-electron chi connectivity index (χ1n) is 10.3. The monoisotopic (exact) mass is 380 g/mol. The molecule has 28 heavy (non-hydrogen) atoms. The van der Waals surface area contributed by atoms with Crippen LogP contribution in [0.2, 0.25) is 0 Å². The molecule has 148 valence electrons. The molecular weight excluding hydrogens is 352 g/mol. The molecule has 5 heteroatoms. The molecule has 2 bridgehead atoms. The van der Waals surface area contributed by atoms with Crippen LogP contribution < -0.4 is 0 Å². The van der Waals surface area contributed by atoms with E-state index in [9.17, 15) is 14.9 Å². The lowest BCUT2D eigenvalue weighted by molar-refractivity contribution is 0.00254. The smallest absolute Gasteiger partial charge is 0.410 e. The number of Topliss-reactive ketones (excluding diaryl/α,β-unsaturated/α-hetero) is 1. The highest BCUT2D eigenvalue weighted by molar-refractivity contribution is 5.98. The predicted molar refractivity (Wildman–Crippen MR) is 105 cm³/mol. The SMILES string of the molecule is CC(C)(C)OC(=O)N1C2CCC1CC(C(=O)c1cccc(C3(C#N)CC3)c1)C2. The van der Waals surface area contributed by atoms with Crippen LogP contribution in [0.3, 0.4) is 0 Å². The maximum absolute atomic E-state index is 13.2. The molecule has 0 radical (unpaired) electrons.